The Kier molecular flexibility index (Phi) is 3.31. The van der Waals surface area contributed by atoms with Crippen molar-refractivity contribution < 1.29 is 12.8 Å². The molecule has 0 spiro atoms. The van der Waals surface area contributed by atoms with E-state index in [4.69, 9.17) is 5.73 Å². The van der Waals surface area contributed by atoms with Gasteiger partial charge in [0.1, 0.15) is 4.90 Å². The van der Waals surface area contributed by atoms with E-state index >= 15 is 0 Å². The third-order valence-electron chi connectivity index (χ3n) is 2.08. The molecular formula is C9H13FN2O2S. The van der Waals surface area contributed by atoms with Crippen molar-refractivity contribution in [2.45, 2.75) is 18.1 Å². The summed E-state index contributed by atoms with van der Waals surface area (Å²) in [5.41, 5.74) is 5.63. The summed E-state index contributed by atoms with van der Waals surface area (Å²) in [6, 6.07) is 5.97. The molecule has 0 fully saturated rings. The lowest BCUT2D eigenvalue weighted by molar-refractivity contribution is 0.212. The number of hydrogen-bond acceptors (Lipinski definition) is 3. The van der Waals surface area contributed by atoms with E-state index in [1.807, 2.05) is 0 Å². The van der Waals surface area contributed by atoms with Crippen LogP contribution in [0.4, 0.5) is 10.1 Å². The van der Waals surface area contributed by atoms with Crippen molar-refractivity contribution >= 4 is 15.7 Å². The highest BCUT2D eigenvalue weighted by Gasteiger charge is 2.26. The van der Waals surface area contributed by atoms with Gasteiger partial charge in [-0.15, -0.1) is 0 Å². The molecule has 0 aliphatic heterocycles. The largest absolute Gasteiger partial charge is 0.398 e. The number of benzene rings is 1. The molecule has 0 saturated heterocycles. The second-order valence-corrected chi connectivity index (χ2v) is 5.10. The summed E-state index contributed by atoms with van der Waals surface area (Å²) in [4.78, 5) is -0.0722. The van der Waals surface area contributed by atoms with Gasteiger partial charge in [0, 0.05) is 7.05 Å². The SMILES string of the molecule is CC(F)N(C)S(=O)(=O)c1ccccc1N. The highest BCUT2D eigenvalue weighted by Crippen LogP contribution is 2.22. The van der Waals surface area contributed by atoms with Crippen molar-refractivity contribution in [3.05, 3.63) is 24.3 Å². The monoisotopic (exact) mass is 232 g/mol. The smallest absolute Gasteiger partial charge is 0.247 e. The fourth-order valence-electron chi connectivity index (χ4n) is 1.06. The lowest BCUT2D eigenvalue weighted by Gasteiger charge is -2.19. The van der Waals surface area contributed by atoms with Crippen LogP contribution in [-0.4, -0.2) is 26.1 Å². The molecule has 1 rings (SSSR count). The van der Waals surface area contributed by atoms with Crippen LogP contribution in [0.2, 0.25) is 0 Å². The van der Waals surface area contributed by atoms with Gasteiger partial charge in [-0.1, -0.05) is 12.1 Å². The second-order valence-electron chi connectivity index (χ2n) is 3.13. The quantitative estimate of drug-likeness (QED) is 0.629. The highest BCUT2D eigenvalue weighted by atomic mass is 32.2. The number of para-hydroxylation sites is 1. The minimum Gasteiger partial charge on any atom is -0.398 e. The zero-order chi connectivity index (χ0) is 11.6. The zero-order valence-electron chi connectivity index (χ0n) is 8.51. The maximum atomic E-state index is 12.9. The maximum absolute atomic E-state index is 12.9. The zero-order valence-corrected chi connectivity index (χ0v) is 9.33. The average Bonchev–Trinajstić information content (AvgIpc) is 2.16. The maximum Gasteiger partial charge on any atom is 0.247 e. The molecule has 15 heavy (non-hydrogen) atoms. The molecule has 0 aliphatic rings. The van der Waals surface area contributed by atoms with Crippen molar-refractivity contribution in [3.63, 3.8) is 0 Å². The molecule has 0 amide bonds. The minimum absolute atomic E-state index is 0.0722. The number of alkyl halides is 1. The summed E-state index contributed by atoms with van der Waals surface area (Å²) >= 11 is 0. The van der Waals surface area contributed by atoms with Crippen LogP contribution in [-0.2, 0) is 10.0 Å². The number of nitrogen functional groups attached to an aromatic ring is 1. The summed E-state index contributed by atoms with van der Waals surface area (Å²) in [6.45, 7) is 1.15. The molecule has 0 aromatic heterocycles. The first-order valence-corrected chi connectivity index (χ1v) is 5.78. The molecule has 1 atom stereocenters. The molecule has 2 N–H and O–H groups in total. The number of halogens is 1. The Morgan fingerprint density at radius 2 is 1.93 bits per heavy atom. The van der Waals surface area contributed by atoms with Gasteiger partial charge in [0.05, 0.1) is 5.69 Å². The van der Waals surface area contributed by atoms with Crippen LogP contribution in [0.5, 0.6) is 0 Å². The number of nitrogens with two attached hydrogens (primary N) is 1. The lowest BCUT2D eigenvalue weighted by Crippen LogP contribution is -2.32. The fraction of sp³-hybridized carbons (Fsp3) is 0.333. The van der Waals surface area contributed by atoms with Gasteiger partial charge >= 0.3 is 0 Å². The van der Waals surface area contributed by atoms with Gasteiger partial charge in [-0.05, 0) is 19.1 Å². The summed E-state index contributed by atoms with van der Waals surface area (Å²) in [5.74, 6) is 0. The van der Waals surface area contributed by atoms with Crippen LogP contribution in [0.15, 0.2) is 29.2 Å². The van der Waals surface area contributed by atoms with Crippen LogP contribution in [0.1, 0.15) is 6.92 Å². The Morgan fingerprint density at radius 1 is 1.40 bits per heavy atom. The molecule has 0 saturated carbocycles. The Hall–Kier alpha value is -1.14. The van der Waals surface area contributed by atoms with E-state index in [-0.39, 0.29) is 10.6 Å². The number of anilines is 1. The molecule has 1 unspecified atom stereocenters. The van der Waals surface area contributed by atoms with E-state index in [2.05, 4.69) is 0 Å². The Labute approximate surface area is 88.6 Å². The fourth-order valence-corrected chi connectivity index (χ4v) is 2.37. The van der Waals surface area contributed by atoms with Crippen molar-refractivity contribution in [1.82, 2.24) is 4.31 Å². The first kappa shape index (κ1) is 11.9. The van der Waals surface area contributed by atoms with Crippen LogP contribution < -0.4 is 5.73 Å². The summed E-state index contributed by atoms with van der Waals surface area (Å²) < 4.78 is 37.2. The Bertz CT molecular complexity index is 445. The van der Waals surface area contributed by atoms with E-state index in [0.717, 1.165) is 6.92 Å². The van der Waals surface area contributed by atoms with Crippen molar-refractivity contribution in [1.29, 1.82) is 0 Å². The van der Waals surface area contributed by atoms with Crippen molar-refractivity contribution in [2.24, 2.45) is 0 Å². The van der Waals surface area contributed by atoms with Gasteiger partial charge in [0.15, 0.2) is 6.30 Å². The molecule has 6 heteroatoms. The Balaban J connectivity index is 3.24. The van der Waals surface area contributed by atoms with Crippen LogP contribution in [0.25, 0.3) is 0 Å². The first-order valence-electron chi connectivity index (χ1n) is 4.34. The number of rotatable bonds is 3. The molecule has 0 radical (unpaired) electrons. The normalized spacial score (nSPS) is 14.1. The van der Waals surface area contributed by atoms with Gasteiger partial charge in [0.25, 0.3) is 0 Å². The Morgan fingerprint density at radius 3 is 2.40 bits per heavy atom. The summed E-state index contributed by atoms with van der Waals surface area (Å²) in [7, 11) is -2.66. The lowest BCUT2D eigenvalue weighted by atomic mass is 10.3. The van der Waals surface area contributed by atoms with Crippen molar-refractivity contribution in [2.75, 3.05) is 12.8 Å². The summed E-state index contributed by atoms with van der Waals surface area (Å²) in [5, 5.41) is 0. The van der Waals surface area contributed by atoms with Gasteiger partial charge < -0.3 is 5.73 Å². The third-order valence-corrected chi connectivity index (χ3v) is 4.05. The highest BCUT2D eigenvalue weighted by molar-refractivity contribution is 7.89. The third kappa shape index (κ3) is 2.27. The van der Waals surface area contributed by atoms with E-state index in [1.165, 1.54) is 19.2 Å². The van der Waals surface area contributed by atoms with Gasteiger partial charge in [0.2, 0.25) is 10.0 Å². The molecule has 84 valence electrons. The molecule has 0 bridgehead atoms. The molecule has 0 aliphatic carbocycles. The second kappa shape index (κ2) is 4.16. The van der Waals surface area contributed by atoms with Crippen LogP contribution >= 0.6 is 0 Å². The predicted molar refractivity (Wildman–Crippen MR) is 56.4 cm³/mol. The first-order chi connectivity index (χ1) is 6.87. The predicted octanol–water partition coefficient (Wildman–Crippen LogP) is 1.20. The van der Waals surface area contributed by atoms with E-state index < -0.39 is 16.3 Å². The number of sulfonamides is 1. The standard InChI is InChI=1S/C9H13FN2O2S/c1-7(10)12(2)15(13,14)9-6-4-3-5-8(9)11/h3-7H,11H2,1-2H3. The molecular weight excluding hydrogens is 219 g/mol. The van der Waals surface area contributed by atoms with E-state index in [0.29, 0.717) is 4.31 Å². The number of hydrogen-bond donors (Lipinski definition) is 1. The van der Waals surface area contributed by atoms with Crippen LogP contribution in [0, 0.1) is 0 Å². The van der Waals surface area contributed by atoms with Gasteiger partial charge in [-0.2, -0.15) is 4.31 Å². The topological polar surface area (TPSA) is 63.4 Å². The minimum atomic E-state index is -3.84. The molecule has 1 aromatic rings. The van der Waals surface area contributed by atoms with Crippen LogP contribution in [0.3, 0.4) is 0 Å². The summed E-state index contributed by atoms with van der Waals surface area (Å²) in [6.07, 6.45) is -1.59. The number of nitrogens with zero attached hydrogens (tertiary/aromatic N) is 1. The van der Waals surface area contributed by atoms with Crippen molar-refractivity contribution in [3.8, 4) is 0 Å². The average molecular weight is 232 g/mol. The molecule has 4 nitrogen and oxygen atoms in total. The molecule has 0 heterocycles. The molecule has 1 aromatic carbocycles. The van der Waals surface area contributed by atoms with E-state index in [1.54, 1.807) is 12.1 Å². The van der Waals surface area contributed by atoms with Gasteiger partial charge in [-0.3, -0.25) is 0 Å². The van der Waals surface area contributed by atoms with Gasteiger partial charge in [-0.25, -0.2) is 12.8 Å². The van der Waals surface area contributed by atoms with E-state index in [9.17, 15) is 12.8 Å².